The van der Waals surface area contributed by atoms with E-state index in [4.69, 9.17) is 9.52 Å². The van der Waals surface area contributed by atoms with E-state index in [1.165, 1.54) is 0 Å². The van der Waals surface area contributed by atoms with Gasteiger partial charge < -0.3 is 19.5 Å². The Morgan fingerprint density at radius 3 is 2.64 bits per heavy atom. The third-order valence-corrected chi connectivity index (χ3v) is 6.10. The summed E-state index contributed by atoms with van der Waals surface area (Å²) in [6, 6.07) is 14.5. The zero-order chi connectivity index (χ0) is 23.5. The van der Waals surface area contributed by atoms with Gasteiger partial charge in [0.15, 0.2) is 5.58 Å². The maximum Gasteiger partial charge on any atom is 0.420 e. The molecule has 1 unspecified atom stereocenters. The lowest BCUT2D eigenvalue weighted by atomic mass is 10.0. The van der Waals surface area contributed by atoms with Gasteiger partial charge in [0.1, 0.15) is 6.54 Å². The highest BCUT2D eigenvalue weighted by molar-refractivity contribution is 5.82. The van der Waals surface area contributed by atoms with Crippen molar-refractivity contribution in [2.24, 2.45) is 0 Å². The normalized spacial score (nSPS) is 17.3. The SMILES string of the molecule is CN(C(=O)Cc1ccc2oc(=O)n(CC(=O)O)c2c1)[C@H](CN1CCC(O)C1)c1ccccc1. The molecule has 3 aromatic rings. The number of oxazole rings is 1. The topological polar surface area (TPSA) is 116 Å². The number of nitrogens with zero attached hydrogens (tertiary/aromatic N) is 3. The summed E-state index contributed by atoms with van der Waals surface area (Å²) in [5.41, 5.74) is 2.29. The monoisotopic (exact) mass is 453 g/mol. The highest BCUT2D eigenvalue weighted by Gasteiger charge is 2.28. The van der Waals surface area contributed by atoms with Gasteiger partial charge in [0.25, 0.3) is 0 Å². The summed E-state index contributed by atoms with van der Waals surface area (Å²) in [4.78, 5) is 40.2. The number of hydrogen-bond acceptors (Lipinski definition) is 6. The van der Waals surface area contributed by atoms with E-state index in [1.807, 2.05) is 30.3 Å². The number of carboxylic acids is 1. The van der Waals surface area contributed by atoms with Crippen molar-refractivity contribution < 1.29 is 24.2 Å². The summed E-state index contributed by atoms with van der Waals surface area (Å²) in [5, 5.41) is 19.0. The standard InChI is InChI=1S/C24H27N3O6/c1-25(20(17-5-3-2-4-6-17)14-26-10-9-18(28)13-26)22(29)12-16-7-8-21-19(11-16)27(15-23(30)31)24(32)33-21/h2-8,11,18,20,28H,9-10,12-15H2,1H3,(H,30,31)/t18?,20-/m1/s1. The molecule has 0 bridgehead atoms. The van der Waals surface area contributed by atoms with E-state index in [9.17, 15) is 19.5 Å². The number of hydrogen-bond donors (Lipinski definition) is 2. The Morgan fingerprint density at radius 1 is 1.21 bits per heavy atom. The van der Waals surface area contributed by atoms with Crippen molar-refractivity contribution in [3.63, 3.8) is 0 Å². The molecule has 174 valence electrons. The average Bonchev–Trinajstić information content (AvgIpc) is 3.34. The quantitative estimate of drug-likeness (QED) is 0.531. The summed E-state index contributed by atoms with van der Waals surface area (Å²) < 4.78 is 6.15. The van der Waals surface area contributed by atoms with Gasteiger partial charge in [-0.15, -0.1) is 0 Å². The van der Waals surface area contributed by atoms with Gasteiger partial charge in [-0.3, -0.25) is 19.1 Å². The second-order valence-electron chi connectivity index (χ2n) is 8.46. The Balaban J connectivity index is 1.55. The Morgan fingerprint density at radius 2 is 1.97 bits per heavy atom. The first-order valence-corrected chi connectivity index (χ1v) is 10.9. The van der Waals surface area contributed by atoms with Crippen molar-refractivity contribution in [3.8, 4) is 0 Å². The van der Waals surface area contributed by atoms with Gasteiger partial charge in [0, 0.05) is 26.7 Å². The zero-order valence-corrected chi connectivity index (χ0v) is 18.4. The van der Waals surface area contributed by atoms with E-state index in [2.05, 4.69) is 4.90 Å². The fraction of sp³-hybridized carbons (Fsp3) is 0.375. The van der Waals surface area contributed by atoms with Crippen molar-refractivity contribution in [2.75, 3.05) is 26.7 Å². The second kappa shape index (κ2) is 9.60. The molecule has 4 rings (SSSR count). The van der Waals surface area contributed by atoms with E-state index in [0.717, 1.165) is 23.1 Å². The maximum absolute atomic E-state index is 13.2. The number of likely N-dealkylation sites (N-methyl/N-ethyl adjacent to an activating group) is 1. The lowest BCUT2D eigenvalue weighted by molar-refractivity contribution is -0.137. The molecule has 9 nitrogen and oxygen atoms in total. The molecule has 9 heteroatoms. The fourth-order valence-corrected chi connectivity index (χ4v) is 4.33. The molecule has 2 atom stereocenters. The van der Waals surface area contributed by atoms with Gasteiger partial charge in [-0.25, -0.2) is 4.79 Å². The number of aliphatic hydroxyl groups excluding tert-OH is 1. The summed E-state index contributed by atoms with van der Waals surface area (Å²) in [6.45, 7) is 1.47. The van der Waals surface area contributed by atoms with Crippen LogP contribution in [0.1, 0.15) is 23.6 Å². The number of amides is 1. The molecule has 0 aliphatic carbocycles. The number of aliphatic hydroxyl groups is 1. The van der Waals surface area contributed by atoms with Gasteiger partial charge in [-0.05, 0) is 29.7 Å². The van der Waals surface area contributed by atoms with Crippen LogP contribution in [0.25, 0.3) is 11.1 Å². The molecule has 0 saturated carbocycles. The number of aliphatic carboxylic acids is 1. The van der Waals surface area contributed by atoms with Crippen LogP contribution in [-0.2, 0) is 22.6 Å². The number of carbonyl (C=O) groups excluding carboxylic acids is 1. The highest BCUT2D eigenvalue weighted by Crippen LogP contribution is 2.24. The number of likely N-dealkylation sites (tertiary alicyclic amines) is 1. The largest absolute Gasteiger partial charge is 0.480 e. The van der Waals surface area contributed by atoms with Gasteiger partial charge in [0.2, 0.25) is 5.91 Å². The summed E-state index contributed by atoms with van der Waals surface area (Å²) in [7, 11) is 1.77. The molecule has 33 heavy (non-hydrogen) atoms. The Kier molecular flexibility index (Phi) is 6.62. The van der Waals surface area contributed by atoms with E-state index in [0.29, 0.717) is 24.2 Å². The Hall–Kier alpha value is -3.43. The molecule has 1 fully saturated rings. The van der Waals surface area contributed by atoms with Gasteiger partial charge >= 0.3 is 11.7 Å². The predicted octanol–water partition coefficient (Wildman–Crippen LogP) is 1.49. The van der Waals surface area contributed by atoms with Crippen LogP contribution in [0.2, 0.25) is 0 Å². The van der Waals surface area contributed by atoms with Crippen LogP contribution in [-0.4, -0.2) is 69.2 Å². The molecule has 1 amide bonds. The van der Waals surface area contributed by atoms with Crippen molar-refractivity contribution >= 4 is 23.0 Å². The summed E-state index contributed by atoms with van der Waals surface area (Å²) in [5.74, 6) is -2.01. The first-order chi connectivity index (χ1) is 15.8. The lowest BCUT2D eigenvalue weighted by Gasteiger charge is -2.32. The molecule has 2 aromatic carbocycles. The molecular formula is C24H27N3O6. The molecule has 0 spiro atoms. The van der Waals surface area contributed by atoms with Crippen LogP contribution in [0.5, 0.6) is 0 Å². The van der Waals surface area contributed by atoms with Gasteiger partial charge in [-0.1, -0.05) is 36.4 Å². The first-order valence-electron chi connectivity index (χ1n) is 10.9. The zero-order valence-electron chi connectivity index (χ0n) is 18.4. The van der Waals surface area contributed by atoms with E-state index >= 15 is 0 Å². The highest BCUT2D eigenvalue weighted by atomic mass is 16.4. The third kappa shape index (κ3) is 5.15. The van der Waals surface area contributed by atoms with E-state index in [-0.39, 0.29) is 30.1 Å². The molecule has 1 aliphatic heterocycles. The summed E-state index contributed by atoms with van der Waals surface area (Å²) in [6.07, 6.45) is 0.472. The van der Waals surface area contributed by atoms with Gasteiger partial charge in [0.05, 0.1) is 24.1 Å². The number of rotatable bonds is 8. The van der Waals surface area contributed by atoms with Crippen LogP contribution >= 0.6 is 0 Å². The minimum Gasteiger partial charge on any atom is -0.480 e. The number of carbonyl (C=O) groups is 2. The third-order valence-electron chi connectivity index (χ3n) is 6.10. The molecule has 1 saturated heterocycles. The molecule has 2 heterocycles. The van der Waals surface area contributed by atoms with Crippen LogP contribution in [0, 0.1) is 0 Å². The second-order valence-corrected chi connectivity index (χ2v) is 8.46. The first kappa shape index (κ1) is 22.8. The average molecular weight is 453 g/mol. The van der Waals surface area contributed by atoms with Crippen molar-refractivity contribution in [2.45, 2.75) is 31.5 Å². The number of aromatic nitrogens is 1. The smallest absolute Gasteiger partial charge is 0.420 e. The fourth-order valence-electron chi connectivity index (χ4n) is 4.33. The lowest BCUT2D eigenvalue weighted by Crippen LogP contribution is -2.39. The van der Waals surface area contributed by atoms with Crippen molar-refractivity contribution in [1.29, 1.82) is 0 Å². The molecule has 1 aliphatic rings. The minimum atomic E-state index is -1.15. The Labute approximate surface area is 190 Å². The van der Waals surface area contributed by atoms with E-state index < -0.39 is 18.3 Å². The number of β-amino-alcohol motifs (C(OH)–C–C–N with tert-alkyl or cyclic N) is 1. The molecule has 0 radical (unpaired) electrons. The predicted molar refractivity (Wildman–Crippen MR) is 121 cm³/mol. The Bertz CT molecular complexity index is 1200. The minimum absolute atomic E-state index is 0.0881. The van der Waals surface area contributed by atoms with Crippen molar-refractivity contribution in [3.05, 3.63) is 70.2 Å². The maximum atomic E-state index is 13.2. The number of carboxylic acid groups (broad SMARTS) is 1. The van der Waals surface area contributed by atoms with Gasteiger partial charge in [-0.2, -0.15) is 0 Å². The molecular weight excluding hydrogens is 426 g/mol. The van der Waals surface area contributed by atoms with Crippen LogP contribution < -0.4 is 5.76 Å². The molecule has 1 aromatic heterocycles. The van der Waals surface area contributed by atoms with Crippen LogP contribution in [0.3, 0.4) is 0 Å². The van der Waals surface area contributed by atoms with Crippen molar-refractivity contribution in [1.82, 2.24) is 14.4 Å². The number of fused-ring (bicyclic) bond motifs is 1. The summed E-state index contributed by atoms with van der Waals surface area (Å²) >= 11 is 0. The number of benzene rings is 2. The van der Waals surface area contributed by atoms with Crippen LogP contribution in [0.4, 0.5) is 0 Å². The molecule has 2 N–H and O–H groups in total. The van der Waals surface area contributed by atoms with Crippen LogP contribution in [0.15, 0.2) is 57.7 Å². The van der Waals surface area contributed by atoms with E-state index in [1.54, 1.807) is 30.1 Å².